The molecule has 2 aromatic carbocycles. The molecule has 0 N–H and O–H groups in total. The van der Waals surface area contributed by atoms with Gasteiger partial charge in [0.15, 0.2) is 11.4 Å². The Morgan fingerprint density at radius 3 is 1.44 bits per heavy atom. The van der Waals surface area contributed by atoms with Gasteiger partial charge in [0.25, 0.3) is 0 Å². The van der Waals surface area contributed by atoms with Crippen LogP contribution in [0.25, 0.3) is 17.5 Å². The van der Waals surface area contributed by atoms with Gasteiger partial charge in [-0.2, -0.15) is 30.1 Å². The number of aromatic nitrogens is 4. The van der Waals surface area contributed by atoms with Crippen molar-refractivity contribution in [1.82, 2.24) is 19.6 Å². The van der Waals surface area contributed by atoms with E-state index in [1.165, 1.54) is 38.5 Å². The second kappa shape index (κ2) is 22.0. The summed E-state index contributed by atoms with van der Waals surface area (Å²) in [6.45, 7) is 14.8. The van der Waals surface area contributed by atoms with Crippen LogP contribution in [0.4, 0.5) is 0 Å². The summed E-state index contributed by atoms with van der Waals surface area (Å²) in [5.41, 5.74) is 3.38. The SMILES string of the molecule is C=Cc1ccc(-n2nc(C#N)cc2OC)cc1.C=[CH][Sn]([CH2]CCC)([CH2]CCC)[CH2]CCC.COc1cc(C#N)nn1-c1ccc(Br)cc1. The maximum atomic E-state index is 8.81. The van der Waals surface area contributed by atoms with Crippen molar-refractivity contribution in [3.8, 4) is 35.3 Å². The predicted molar refractivity (Wildman–Crippen MR) is 203 cm³/mol. The van der Waals surface area contributed by atoms with Gasteiger partial charge < -0.3 is 9.47 Å². The Kier molecular flexibility index (Phi) is 18.5. The molecule has 10 heteroatoms. The molecule has 4 rings (SSSR count). The van der Waals surface area contributed by atoms with Gasteiger partial charge in [-0.3, -0.25) is 0 Å². The zero-order valence-electron chi connectivity index (χ0n) is 29.1. The van der Waals surface area contributed by atoms with Crippen molar-refractivity contribution in [3.05, 3.63) is 99.3 Å². The summed E-state index contributed by atoms with van der Waals surface area (Å²) in [5.74, 6) is 1.08. The van der Waals surface area contributed by atoms with Crippen LogP contribution in [0.3, 0.4) is 0 Å². The van der Waals surface area contributed by atoms with Gasteiger partial charge >= 0.3 is 102 Å². The molecule has 2 aromatic heterocycles. The van der Waals surface area contributed by atoms with E-state index in [-0.39, 0.29) is 0 Å². The van der Waals surface area contributed by atoms with Gasteiger partial charge in [-0.15, -0.1) is 0 Å². The van der Waals surface area contributed by atoms with Crippen LogP contribution >= 0.6 is 15.9 Å². The Morgan fingerprint density at radius 2 is 1.12 bits per heavy atom. The van der Waals surface area contributed by atoms with Crippen LogP contribution in [0.15, 0.2) is 82.4 Å². The summed E-state index contributed by atoms with van der Waals surface area (Å²) >= 11 is 1.51. The summed E-state index contributed by atoms with van der Waals surface area (Å²) < 4.78 is 21.6. The predicted octanol–water partition coefficient (Wildman–Crippen LogP) is 10.5. The van der Waals surface area contributed by atoms with Gasteiger partial charge in [-0.1, -0.05) is 40.7 Å². The number of halogens is 1. The third-order valence-corrected chi connectivity index (χ3v) is 22.5. The minimum Gasteiger partial charge on any atom is -0.481 e. The number of hydrogen-bond acceptors (Lipinski definition) is 6. The first kappa shape index (κ1) is 40.4. The number of nitrogens with zero attached hydrogens (tertiary/aromatic N) is 6. The third kappa shape index (κ3) is 12.3. The number of ether oxygens (including phenoxy) is 2. The molecule has 0 bridgehead atoms. The van der Waals surface area contributed by atoms with Crippen molar-refractivity contribution in [1.29, 1.82) is 10.5 Å². The topological polar surface area (TPSA) is 102 Å². The number of hydrogen-bond donors (Lipinski definition) is 0. The van der Waals surface area contributed by atoms with Crippen LogP contribution in [0, 0.1) is 22.7 Å². The van der Waals surface area contributed by atoms with Crippen molar-refractivity contribution < 1.29 is 9.47 Å². The molecule has 0 saturated carbocycles. The standard InChI is InChI=1S/C13H11N3O.C11H8BrN3O.3C4H9.C2H3.Sn/c1-3-10-4-6-12(7-5-10)16-13(17-2)8-11(9-14)15-16;1-16-11-6-9(7-13)14-15(11)10-4-2-8(12)3-5-10;3*1-3-4-2;1-2;/h3-8H,1H2,2H3;2-6H,1H3;3*1,3-4H2,2H3;1H,2H2;. The molecular formula is C38H49BrN6O2Sn. The molecule has 4 aromatic rings. The van der Waals surface area contributed by atoms with Crippen LogP contribution in [0.5, 0.6) is 11.8 Å². The number of rotatable bonds is 15. The molecule has 0 unspecified atom stereocenters. The zero-order valence-corrected chi connectivity index (χ0v) is 33.5. The minimum absolute atomic E-state index is 0.328. The molecule has 0 saturated heterocycles. The molecule has 0 aliphatic carbocycles. The fourth-order valence-corrected chi connectivity index (χ4v) is 18.3. The van der Waals surface area contributed by atoms with E-state index in [4.69, 9.17) is 20.0 Å². The maximum Gasteiger partial charge on any atom is 0.217 e. The van der Waals surface area contributed by atoms with Gasteiger partial charge in [0.1, 0.15) is 12.1 Å². The van der Waals surface area contributed by atoms with E-state index < -0.39 is 18.4 Å². The fraction of sp³-hybridized carbons (Fsp3) is 0.368. The Labute approximate surface area is 299 Å². The van der Waals surface area contributed by atoms with Crippen LogP contribution in [0.1, 0.15) is 76.2 Å². The number of nitriles is 2. The van der Waals surface area contributed by atoms with Crippen molar-refractivity contribution in [2.24, 2.45) is 0 Å². The fourth-order valence-electron chi connectivity index (χ4n) is 5.10. The Balaban J connectivity index is 0.000000251. The van der Waals surface area contributed by atoms with Gasteiger partial charge in [0, 0.05) is 16.6 Å². The van der Waals surface area contributed by atoms with E-state index in [9.17, 15) is 0 Å². The minimum atomic E-state index is -1.85. The summed E-state index contributed by atoms with van der Waals surface area (Å²) in [7, 11) is 3.10. The molecule has 254 valence electrons. The van der Waals surface area contributed by atoms with E-state index in [0.717, 1.165) is 21.4 Å². The first-order valence-electron chi connectivity index (χ1n) is 16.5. The second-order valence-electron chi connectivity index (χ2n) is 11.3. The molecule has 0 atom stereocenters. The Morgan fingerprint density at radius 1 is 0.729 bits per heavy atom. The summed E-state index contributed by atoms with van der Waals surface area (Å²) in [4.78, 5) is 0. The van der Waals surface area contributed by atoms with E-state index in [0.29, 0.717) is 23.1 Å². The van der Waals surface area contributed by atoms with E-state index in [1.54, 1.807) is 55.1 Å². The first-order chi connectivity index (χ1) is 23.3. The molecule has 0 aliphatic heterocycles. The molecule has 0 spiro atoms. The molecule has 2 heterocycles. The van der Waals surface area contributed by atoms with Crippen LogP contribution < -0.4 is 9.47 Å². The summed E-state index contributed by atoms with van der Waals surface area (Å²) in [6, 6.07) is 22.4. The molecule has 0 amide bonds. The number of methoxy groups -OCH3 is 2. The zero-order chi connectivity index (χ0) is 35.4. The van der Waals surface area contributed by atoms with Crippen molar-refractivity contribution >= 4 is 40.4 Å². The Hall–Kier alpha value is -3.80. The van der Waals surface area contributed by atoms with Crippen LogP contribution in [0.2, 0.25) is 13.3 Å². The van der Waals surface area contributed by atoms with Crippen molar-refractivity contribution in [3.63, 3.8) is 0 Å². The molecular weight excluding hydrogens is 771 g/mol. The van der Waals surface area contributed by atoms with Gasteiger partial charge in [0.2, 0.25) is 11.8 Å². The Bertz CT molecular complexity index is 1610. The quantitative estimate of drug-likeness (QED) is 0.111. The molecule has 8 nitrogen and oxygen atoms in total. The van der Waals surface area contributed by atoms with Gasteiger partial charge in [-0.05, 0) is 42.0 Å². The molecule has 0 radical (unpaired) electrons. The first-order valence-corrected chi connectivity index (χ1v) is 25.0. The maximum absolute atomic E-state index is 8.81. The van der Waals surface area contributed by atoms with Gasteiger partial charge in [0.05, 0.1) is 25.6 Å². The van der Waals surface area contributed by atoms with E-state index in [2.05, 4.69) is 64.1 Å². The normalized spacial score (nSPS) is 10.3. The van der Waals surface area contributed by atoms with E-state index in [1.807, 2.05) is 60.7 Å². The summed E-state index contributed by atoms with van der Waals surface area (Å²) in [6.07, 6.45) is 10.2. The van der Waals surface area contributed by atoms with E-state index >= 15 is 0 Å². The molecule has 48 heavy (non-hydrogen) atoms. The molecule has 0 aliphatic rings. The van der Waals surface area contributed by atoms with Crippen LogP contribution in [-0.4, -0.2) is 52.2 Å². The smallest absolute Gasteiger partial charge is 0.217 e. The monoisotopic (exact) mass is 820 g/mol. The average Bonchev–Trinajstić information content (AvgIpc) is 3.77. The van der Waals surface area contributed by atoms with Gasteiger partial charge in [-0.25, -0.2) is 0 Å². The number of unbranched alkanes of at least 4 members (excludes halogenated alkanes) is 3. The third-order valence-electron chi connectivity index (χ3n) is 7.96. The average molecular weight is 820 g/mol. The van der Waals surface area contributed by atoms with Crippen molar-refractivity contribution in [2.75, 3.05) is 14.2 Å². The second-order valence-corrected chi connectivity index (χ2v) is 25.5. The number of benzene rings is 2. The van der Waals surface area contributed by atoms with Crippen LogP contribution in [-0.2, 0) is 0 Å². The largest absolute Gasteiger partial charge is 0.481 e. The molecule has 0 fully saturated rings. The summed E-state index contributed by atoms with van der Waals surface area (Å²) in [5, 5.41) is 25.8. The van der Waals surface area contributed by atoms with Crippen molar-refractivity contribution in [2.45, 2.75) is 72.6 Å².